The minimum Gasteiger partial charge on any atom is -0.465 e. The van der Waals surface area contributed by atoms with Gasteiger partial charge in [0.25, 0.3) is 5.67 Å². The van der Waals surface area contributed by atoms with Gasteiger partial charge in [0.1, 0.15) is 6.61 Å². The highest BCUT2D eigenvalue weighted by Gasteiger charge is 2.73. The zero-order chi connectivity index (χ0) is 25.1. The third kappa shape index (κ3) is 12.8. The van der Waals surface area contributed by atoms with E-state index in [1.807, 2.05) is 0 Å². The third-order valence-corrected chi connectivity index (χ3v) is 4.91. The van der Waals surface area contributed by atoms with E-state index in [-0.39, 0.29) is 5.97 Å². The lowest BCUT2D eigenvalue weighted by molar-refractivity contribution is -0.352. The Labute approximate surface area is 187 Å². The van der Waals surface area contributed by atoms with E-state index in [2.05, 4.69) is 36.1 Å². The lowest BCUT2D eigenvalue weighted by Gasteiger charge is -2.33. The summed E-state index contributed by atoms with van der Waals surface area (Å²) in [6.07, 6.45) is -17.0. The Morgan fingerprint density at radius 3 is 1.81 bits per heavy atom. The van der Waals surface area contributed by atoms with Crippen LogP contribution in [0.2, 0.25) is 0 Å². The van der Waals surface area contributed by atoms with Crippen LogP contribution in [0.25, 0.3) is 0 Å². The maximum Gasteiger partial charge on any atom is 0.431 e. The number of carbonyl (C=O) groups is 1. The van der Waals surface area contributed by atoms with Gasteiger partial charge in [-0.25, -0.2) is 4.39 Å². The topological polar surface area (TPSA) is 26.3 Å². The Bertz CT molecular complexity index is 515. The van der Waals surface area contributed by atoms with Crippen LogP contribution >= 0.6 is 22.6 Å². The summed E-state index contributed by atoms with van der Waals surface area (Å²) in [6.45, 7) is 7.00. The van der Waals surface area contributed by atoms with Crippen molar-refractivity contribution >= 4 is 28.6 Å². The van der Waals surface area contributed by atoms with Gasteiger partial charge in [0.2, 0.25) is 0 Å². The highest BCUT2D eigenvalue weighted by molar-refractivity contribution is 14.1. The maximum atomic E-state index is 13.1. The van der Waals surface area contributed by atoms with E-state index < -0.39 is 43.0 Å². The number of halogens is 11. The van der Waals surface area contributed by atoms with E-state index in [0.717, 1.165) is 6.42 Å². The molecule has 0 rings (SSSR count). The monoisotopic (exact) mass is 590 g/mol. The molecule has 0 aliphatic rings. The molecule has 31 heavy (non-hydrogen) atoms. The first-order valence-corrected chi connectivity index (χ1v) is 10.3. The van der Waals surface area contributed by atoms with Gasteiger partial charge in [-0.1, -0.05) is 54.9 Å². The number of hydrogen-bond donors (Lipinski definition) is 0. The van der Waals surface area contributed by atoms with Crippen LogP contribution in [0, 0.1) is 5.92 Å². The third-order valence-electron chi connectivity index (χ3n) is 3.93. The van der Waals surface area contributed by atoms with Gasteiger partial charge in [-0.2, -0.15) is 39.5 Å². The summed E-state index contributed by atoms with van der Waals surface area (Å²) in [5.41, 5.74) is -5.91. The molecule has 2 unspecified atom stereocenters. The highest BCUT2D eigenvalue weighted by atomic mass is 127. The predicted octanol–water partition coefficient (Wildman–Crippen LogP) is 7.90. The van der Waals surface area contributed by atoms with Crippen molar-refractivity contribution in [2.24, 2.45) is 5.92 Å². The van der Waals surface area contributed by atoms with Crippen molar-refractivity contribution in [2.75, 3.05) is 6.61 Å². The SMILES string of the molecule is C=CCC(CC(F)(C(F)(F)F)C(F)(F)F)C(F)(F)F.CCCCCC(I)COC(C)=O. The molecular weight excluding hydrogens is 565 g/mol. The Hall–Kier alpha value is -0.760. The second-order valence-corrected chi connectivity index (χ2v) is 8.42. The molecule has 0 N–H and O–H groups in total. The van der Waals surface area contributed by atoms with Crippen LogP contribution in [0.1, 0.15) is 52.4 Å². The van der Waals surface area contributed by atoms with E-state index in [4.69, 9.17) is 4.74 Å². The van der Waals surface area contributed by atoms with Gasteiger partial charge in [-0.05, 0) is 12.8 Å². The first-order valence-electron chi connectivity index (χ1n) is 9.10. The first kappa shape index (κ1) is 32.4. The molecule has 0 amide bonds. The molecule has 0 aromatic heterocycles. The van der Waals surface area contributed by atoms with Crippen molar-refractivity contribution < 1.29 is 53.4 Å². The summed E-state index contributed by atoms with van der Waals surface area (Å²) in [5.74, 6) is -3.30. The number of carbonyl (C=O) groups excluding carboxylic acids is 1. The van der Waals surface area contributed by atoms with Crippen LogP contribution in [-0.2, 0) is 9.53 Å². The van der Waals surface area contributed by atoms with Crippen LogP contribution in [0.4, 0.5) is 43.9 Å². The van der Waals surface area contributed by atoms with Crippen LogP contribution in [-0.4, -0.2) is 40.7 Å². The molecule has 0 aliphatic carbocycles. The quantitative estimate of drug-likeness (QED) is 0.0646. The molecule has 0 aromatic carbocycles. The van der Waals surface area contributed by atoms with Crippen LogP contribution in [0.15, 0.2) is 12.7 Å². The molecule has 0 saturated heterocycles. The molecule has 0 saturated carbocycles. The average Bonchev–Trinajstić information content (AvgIpc) is 2.57. The van der Waals surface area contributed by atoms with Gasteiger partial charge < -0.3 is 4.74 Å². The molecule has 0 spiro atoms. The molecule has 0 fully saturated rings. The molecule has 2 atom stereocenters. The number of allylic oxidation sites excluding steroid dienone is 1. The van der Waals surface area contributed by atoms with Crippen molar-refractivity contribution in [1.82, 2.24) is 0 Å². The molecule has 13 heteroatoms. The highest BCUT2D eigenvalue weighted by Crippen LogP contribution is 2.52. The molecule has 0 aromatic rings. The second kappa shape index (κ2) is 13.7. The summed E-state index contributed by atoms with van der Waals surface area (Å²) in [7, 11) is 0. The normalized spacial score (nSPS) is 14.9. The standard InChI is InChI=1S/C9H8F10.C9H17IO2/c1-2-3-5(7(11,12)13)4-6(10,8(14,15)16)9(17,18)19;1-3-4-5-6-9(10)7-12-8(2)11/h2,5H,1,3-4H2;9H,3-7H2,1-2H3. The Morgan fingerprint density at radius 2 is 1.48 bits per heavy atom. The zero-order valence-corrected chi connectivity index (χ0v) is 19.0. The minimum absolute atomic E-state index is 0.174. The van der Waals surface area contributed by atoms with Crippen molar-refractivity contribution in [1.29, 1.82) is 0 Å². The molecule has 0 heterocycles. The number of unbranched alkanes of at least 4 members (excludes halogenated alkanes) is 2. The summed E-state index contributed by atoms with van der Waals surface area (Å²) in [5, 5.41) is 0. The van der Waals surface area contributed by atoms with Crippen molar-refractivity contribution in [2.45, 2.75) is 80.5 Å². The average molecular weight is 590 g/mol. The van der Waals surface area contributed by atoms with Gasteiger partial charge >= 0.3 is 24.5 Å². The minimum atomic E-state index is -6.49. The Morgan fingerprint density at radius 1 is 1.00 bits per heavy atom. The van der Waals surface area contributed by atoms with E-state index in [0.29, 0.717) is 16.6 Å². The van der Waals surface area contributed by atoms with E-state index in [1.165, 1.54) is 26.2 Å². The lowest BCUT2D eigenvalue weighted by Crippen LogP contribution is -2.55. The molecule has 0 aliphatic heterocycles. The van der Waals surface area contributed by atoms with Gasteiger partial charge in [-0.15, -0.1) is 6.58 Å². The van der Waals surface area contributed by atoms with Crippen LogP contribution < -0.4 is 0 Å². The summed E-state index contributed by atoms with van der Waals surface area (Å²) in [4.78, 5) is 10.5. The summed E-state index contributed by atoms with van der Waals surface area (Å²) >= 11 is 2.34. The number of esters is 1. The number of rotatable bonds is 10. The molecular formula is C18H25F10IO2. The lowest BCUT2D eigenvalue weighted by atomic mass is 9.88. The molecule has 186 valence electrons. The predicted molar refractivity (Wildman–Crippen MR) is 104 cm³/mol. The fourth-order valence-corrected chi connectivity index (χ4v) is 2.79. The Balaban J connectivity index is 0. The summed E-state index contributed by atoms with van der Waals surface area (Å²) < 4.78 is 128. The first-order chi connectivity index (χ1) is 13.8. The van der Waals surface area contributed by atoms with Crippen LogP contribution in [0.3, 0.4) is 0 Å². The molecule has 2 nitrogen and oxygen atoms in total. The fourth-order valence-electron chi connectivity index (χ4n) is 2.17. The molecule has 0 bridgehead atoms. The second-order valence-electron chi connectivity index (χ2n) is 6.66. The van der Waals surface area contributed by atoms with Crippen LogP contribution in [0.5, 0.6) is 0 Å². The van der Waals surface area contributed by atoms with Crippen molar-refractivity contribution in [3.63, 3.8) is 0 Å². The molecule has 0 radical (unpaired) electrons. The van der Waals surface area contributed by atoms with Crippen molar-refractivity contribution in [3.8, 4) is 0 Å². The smallest absolute Gasteiger partial charge is 0.431 e. The number of hydrogen-bond acceptors (Lipinski definition) is 2. The Kier molecular flexibility index (Phi) is 14.3. The van der Waals surface area contributed by atoms with Gasteiger partial charge in [0.15, 0.2) is 0 Å². The van der Waals surface area contributed by atoms with Gasteiger partial charge in [0, 0.05) is 17.3 Å². The number of ether oxygens (including phenoxy) is 1. The van der Waals surface area contributed by atoms with Gasteiger partial charge in [0.05, 0.1) is 5.92 Å². The van der Waals surface area contributed by atoms with E-state index in [1.54, 1.807) is 0 Å². The number of alkyl halides is 11. The maximum absolute atomic E-state index is 13.1. The zero-order valence-electron chi connectivity index (χ0n) is 16.9. The van der Waals surface area contributed by atoms with Crippen molar-refractivity contribution in [3.05, 3.63) is 12.7 Å². The summed E-state index contributed by atoms with van der Waals surface area (Å²) in [6, 6.07) is 0. The largest absolute Gasteiger partial charge is 0.465 e. The van der Waals surface area contributed by atoms with E-state index in [9.17, 15) is 48.7 Å². The fraction of sp³-hybridized carbons (Fsp3) is 0.833. The van der Waals surface area contributed by atoms with E-state index >= 15 is 0 Å². The van der Waals surface area contributed by atoms with Gasteiger partial charge in [-0.3, -0.25) is 4.79 Å².